The van der Waals surface area contributed by atoms with E-state index in [4.69, 9.17) is 15.2 Å². The quantitative estimate of drug-likeness (QED) is 0.335. The molecule has 8 nitrogen and oxygen atoms in total. The number of hydrogen-bond acceptors (Lipinski definition) is 7. The average Bonchev–Trinajstić information content (AvgIpc) is 3.43. The number of hydrogen-bond donors (Lipinski definition) is 2. The molecule has 1 aliphatic carbocycles. The second-order valence-corrected chi connectivity index (χ2v) is 9.81. The summed E-state index contributed by atoms with van der Waals surface area (Å²) in [6, 6.07) is 13.6. The van der Waals surface area contributed by atoms with Gasteiger partial charge in [-0.2, -0.15) is 0 Å². The van der Waals surface area contributed by atoms with E-state index in [1.165, 1.54) is 18.4 Å². The van der Waals surface area contributed by atoms with Crippen molar-refractivity contribution >= 4 is 5.82 Å². The van der Waals surface area contributed by atoms with Crippen LogP contribution in [0, 0.1) is 0 Å². The predicted molar refractivity (Wildman–Crippen MR) is 141 cm³/mol. The molecule has 36 heavy (non-hydrogen) atoms. The van der Waals surface area contributed by atoms with Crippen molar-refractivity contribution in [3.63, 3.8) is 0 Å². The van der Waals surface area contributed by atoms with Crippen molar-refractivity contribution in [2.45, 2.75) is 64.6 Å². The van der Waals surface area contributed by atoms with E-state index in [1.807, 2.05) is 24.4 Å². The van der Waals surface area contributed by atoms with Crippen molar-refractivity contribution in [3.8, 4) is 34.0 Å². The third-order valence-corrected chi connectivity index (χ3v) is 7.08. The summed E-state index contributed by atoms with van der Waals surface area (Å²) in [5.74, 6) is 0.697. The normalized spacial score (nSPS) is 14.3. The van der Waals surface area contributed by atoms with Gasteiger partial charge in [0, 0.05) is 47.6 Å². The fourth-order valence-corrected chi connectivity index (χ4v) is 4.34. The molecule has 3 N–H and O–H groups in total. The SMILES string of the molecule is CCC(CC)n1cc(-c2cnc(N)c(-c3cc(-c4ccc(CNC5(C)CC5)cc4)no3)n2)ccc1=O. The van der Waals surface area contributed by atoms with Gasteiger partial charge >= 0.3 is 0 Å². The summed E-state index contributed by atoms with van der Waals surface area (Å²) in [5, 5.41) is 7.84. The zero-order valence-electron chi connectivity index (χ0n) is 21.0. The Morgan fingerprint density at radius 1 is 1.08 bits per heavy atom. The van der Waals surface area contributed by atoms with Crippen LogP contribution in [-0.2, 0) is 6.54 Å². The minimum Gasteiger partial charge on any atom is -0.382 e. The molecule has 186 valence electrons. The third kappa shape index (κ3) is 4.95. The summed E-state index contributed by atoms with van der Waals surface area (Å²) in [6.07, 6.45) is 7.67. The molecule has 3 heterocycles. The van der Waals surface area contributed by atoms with Crippen molar-refractivity contribution in [3.05, 3.63) is 70.8 Å². The molecular weight excluding hydrogens is 452 g/mol. The van der Waals surface area contributed by atoms with E-state index in [9.17, 15) is 4.79 Å². The van der Waals surface area contributed by atoms with Crippen LogP contribution < -0.4 is 16.6 Å². The first kappa shape index (κ1) is 23.9. The van der Waals surface area contributed by atoms with Crippen LogP contribution in [0.2, 0.25) is 0 Å². The largest absolute Gasteiger partial charge is 0.382 e. The molecule has 3 aromatic heterocycles. The summed E-state index contributed by atoms with van der Waals surface area (Å²) in [7, 11) is 0. The number of benzene rings is 1. The molecule has 0 spiro atoms. The van der Waals surface area contributed by atoms with Gasteiger partial charge in [0.05, 0.1) is 11.9 Å². The molecule has 1 aliphatic rings. The van der Waals surface area contributed by atoms with Crippen LogP contribution in [0.3, 0.4) is 0 Å². The summed E-state index contributed by atoms with van der Waals surface area (Å²) in [4.78, 5) is 21.5. The molecule has 1 fully saturated rings. The zero-order valence-corrected chi connectivity index (χ0v) is 21.0. The molecule has 1 saturated carbocycles. The topological polar surface area (TPSA) is 112 Å². The molecule has 0 saturated heterocycles. The van der Waals surface area contributed by atoms with Crippen LogP contribution in [-0.4, -0.2) is 25.2 Å². The van der Waals surface area contributed by atoms with Crippen LogP contribution in [0.4, 0.5) is 5.82 Å². The summed E-state index contributed by atoms with van der Waals surface area (Å²) in [6.45, 7) is 7.26. The lowest BCUT2D eigenvalue weighted by atomic mass is 10.1. The predicted octanol–water partition coefficient (Wildman–Crippen LogP) is 5.21. The average molecular weight is 485 g/mol. The number of nitrogens with two attached hydrogens (primary N) is 1. The van der Waals surface area contributed by atoms with E-state index in [0.717, 1.165) is 30.5 Å². The third-order valence-electron chi connectivity index (χ3n) is 7.08. The minimum absolute atomic E-state index is 0.0282. The van der Waals surface area contributed by atoms with Gasteiger partial charge in [0.1, 0.15) is 5.69 Å². The fourth-order valence-electron chi connectivity index (χ4n) is 4.34. The fraction of sp³-hybridized carbons (Fsp3) is 0.357. The lowest BCUT2D eigenvalue weighted by Gasteiger charge is -2.17. The van der Waals surface area contributed by atoms with Gasteiger partial charge in [0.15, 0.2) is 17.3 Å². The molecule has 0 bridgehead atoms. The first-order valence-electron chi connectivity index (χ1n) is 12.6. The Labute approximate surface area is 210 Å². The van der Waals surface area contributed by atoms with Crippen molar-refractivity contribution in [2.24, 2.45) is 0 Å². The van der Waals surface area contributed by atoms with Crippen molar-refractivity contribution in [1.29, 1.82) is 0 Å². The van der Waals surface area contributed by atoms with E-state index < -0.39 is 0 Å². The number of anilines is 1. The Morgan fingerprint density at radius 3 is 2.50 bits per heavy atom. The van der Waals surface area contributed by atoms with Gasteiger partial charge < -0.3 is 20.1 Å². The number of pyridine rings is 1. The lowest BCUT2D eigenvalue weighted by molar-refractivity contribution is 0.434. The number of rotatable bonds is 9. The van der Waals surface area contributed by atoms with E-state index in [1.54, 1.807) is 22.9 Å². The van der Waals surface area contributed by atoms with Crippen molar-refractivity contribution < 1.29 is 4.52 Å². The molecule has 8 heteroatoms. The van der Waals surface area contributed by atoms with Gasteiger partial charge in [0.25, 0.3) is 5.56 Å². The van der Waals surface area contributed by atoms with Crippen LogP contribution in [0.25, 0.3) is 34.0 Å². The molecule has 4 aromatic rings. The molecule has 1 aromatic carbocycles. The molecule has 0 unspecified atom stereocenters. The Bertz CT molecular complexity index is 1410. The van der Waals surface area contributed by atoms with Crippen LogP contribution in [0.5, 0.6) is 0 Å². The van der Waals surface area contributed by atoms with E-state index in [0.29, 0.717) is 28.4 Å². The molecule has 0 radical (unpaired) electrons. The first-order valence-corrected chi connectivity index (χ1v) is 12.6. The second-order valence-electron chi connectivity index (χ2n) is 9.81. The molecule has 0 atom stereocenters. The Hall–Kier alpha value is -3.78. The van der Waals surface area contributed by atoms with E-state index in [-0.39, 0.29) is 17.4 Å². The van der Waals surface area contributed by atoms with Gasteiger partial charge in [-0.3, -0.25) is 4.79 Å². The maximum absolute atomic E-state index is 12.4. The van der Waals surface area contributed by atoms with E-state index in [2.05, 4.69) is 48.4 Å². The van der Waals surface area contributed by atoms with Gasteiger partial charge in [0.2, 0.25) is 0 Å². The van der Waals surface area contributed by atoms with Crippen LogP contribution in [0.1, 0.15) is 58.1 Å². The zero-order chi connectivity index (χ0) is 25.3. The highest BCUT2D eigenvalue weighted by Crippen LogP contribution is 2.35. The summed E-state index contributed by atoms with van der Waals surface area (Å²) in [5.41, 5.74) is 11.1. The van der Waals surface area contributed by atoms with Crippen LogP contribution in [0.15, 0.2) is 64.2 Å². The highest BCUT2D eigenvalue weighted by molar-refractivity contribution is 5.72. The molecule has 5 rings (SSSR count). The molecular formula is C28H32N6O2. The summed E-state index contributed by atoms with van der Waals surface area (Å²) < 4.78 is 7.39. The number of nitrogens with zero attached hydrogens (tertiary/aromatic N) is 4. The maximum atomic E-state index is 12.4. The molecule has 0 amide bonds. The van der Waals surface area contributed by atoms with Gasteiger partial charge in [-0.05, 0) is 44.2 Å². The first-order chi connectivity index (χ1) is 17.4. The van der Waals surface area contributed by atoms with Crippen LogP contribution >= 0.6 is 0 Å². The van der Waals surface area contributed by atoms with Gasteiger partial charge in [-0.1, -0.05) is 43.3 Å². The summed E-state index contributed by atoms with van der Waals surface area (Å²) >= 11 is 0. The highest BCUT2D eigenvalue weighted by atomic mass is 16.5. The second kappa shape index (κ2) is 9.70. The minimum atomic E-state index is -0.0282. The van der Waals surface area contributed by atoms with Crippen molar-refractivity contribution in [1.82, 2.24) is 25.0 Å². The Kier molecular flexibility index (Phi) is 6.45. The standard InChI is InChI=1S/C28H32N6O2/c1-4-21(5-2)34-17-20(10-11-25(34)35)23-16-30-27(29)26(32-23)24-14-22(33-36-24)19-8-6-18(7-9-19)15-31-28(3)12-13-28/h6-11,14,16-17,21,31H,4-5,12-13,15H2,1-3H3,(H2,29,30). The monoisotopic (exact) mass is 484 g/mol. The smallest absolute Gasteiger partial charge is 0.250 e. The number of nitrogens with one attached hydrogen (secondary N) is 1. The van der Waals surface area contributed by atoms with Gasteiger partial charge in [-0.25, -0.2) is 9.97 Å². The van der Waals surface area contributed by atoms with Crippen molar-refractivity contribution in [2.75, 3.05) is 5.73 Å². The highest BCUT2D eigenvalue weighted by Gasteiger charge is 2.36. The Balaban J connectivity index is 1.39. The lowest BCUT2D eigenvalue weighted by Crippen LogP contribution is -2.26. The van der Waals surface area contributed by atoms with Gasteiger partial charge in [-0.15, -0.1) is 0 Å². The number of nitrogen functional groups attached to an aromatic ring is 1. The molecule has 0 aliphatic heterocycles. The number of aromatic nitrogens is 4. The Morgan fingerprint density at radius 2 is 1.81 bits per heavy atom. The van der Waals surface area contributed by atoms with E-state index >= 15 is 0 Å². The maximum Gasteiger partial charge on any atom is 0.250 e.